The van der Waals surface area contributed by atoms with Gasteiger partial charge in [0, 0.05) is 12.1 Å². The van der Waals surface area contributed by atoms with Crippen LogP contribution in [-0.2, 0) is 6.54 Å². The molecule has 0 aliphatic rings. The highest BCUT2D eigenvalue weighted by Crippen LogP contribution is 1.92. The minimum absolute atomic E-state index is 0.445. The van der Waals surface area contributed by atoms with E-state index in [1.165, 1.54) is 5.56 Å². The lowest BCUT2D eigenvalue weighted by Crippen LogP contribution is -2.36. The van der Waals surface area contributed by atoms with E-state index in [9.17, 15) is 4.39 Å². The third-order valence-corrected chi connectivity index (χ3v) is 1.52. The minimum atomic E-state index is -0.775. The minimum Gasteiger partial charge on any atom is -0.241 e. The van der Waals surface area contributed by atoms with Crippen molar-refractivity contribution < 1.29 is 8.96 Å². The van der Waals surface area contributed by atoms with Gasteiger partial charge in [0.2, 0.25) is 0 Å². The number of aryl methyl sites for hydroxylation is 1. The van der Waals surface area contributed by atoms with Gasteiger partial charge in [-0.1, -0.05) is 0 Å². The first kappa shape index (κ1) is 8.18. The van der Waals surface area contributed by atoms with Gasteiger partial charge in [-0.05, 0) is 19.4 Å². The summed E-state index contributed by atoms with van der Waals surface area (Å²) < 4.78 is 14.3. The fraction of sp³-hybridized carbons (Fsp3) is 0.444. The molecule has 1 nitrogen and oxygen atoms in total. The molecule has 1 aromatic heterocycles. The summed E-state index contributed by atoms with van der Waals surface area (Å²) in [5.74, 6) is 0. The Labute approximate surface area is 66.5 Å². The van der Waals surface area contributed by atoms with Crippen LogP contribution in [0.3, 0.4) is 0 Å². The molecule has 0 spiro atoms. The van der Waals surface area contributed by atoms with Gasteiger partial charge in [0.15, 0.2) is 25.1 Å². The molecule has 0 radical (unpaired) electrons. The van der Waals surface area contributed by atoms with Crippen LogP contribution in [0.5, 0.6) is 0 Å². The molecule has 1 unspecified atom stereocenters. The molecule has 60 valence electrons. The lowest BCUT2D eigenvalue weighted by atomic mass is 10.3. The van der Waals surface area contributed by atoms with Gasteiger partial charge in [-0.15, -0.1) is 0 Å². The second-order valence-corrected chi connectivity index (χ2v) is 2.85. The van der Waals surface area contributed by atoms with Crippen molar-refractivity contribution in [1.82, 2.24) is 0 Å². The number of rotatable bonds is 2. The molecule has 0 amide bonds. The van der Waals surface area contributed by atoms with Gasteiger partial charge in [-0.25, -0.2) is 8.96 Å². The number of halogens is 1. The SMILES string of the molecule is Cc1cc[n+](CC(C)F)cc1. The molecular weight excluding hydrogens is 141 g/mol. The second-order valence-electron chi connectivity index (χ2n) is 2.85. The molecule has 0 aliphatic heterocycles. The number of aromatic nitrogens is 1. The fourth-order valence-electron chi connectivity index (χ4n) is 0.944. The average Bonchev–Trinajstić information content (AvgIpc) is 1.93. The maximum absolute atomic E-state index is 12.5. The Bertz CT molecular complexity index is 216. The smallest absolute Gasteiger partial charge is 0.179 e. The summed E-state index contributed by atoms with van der Waals surface area (Å²) in [7, 11) is 0. The molecule has 0 saturated heterocycles. The van der Waals surface area contributed by atoms with Gasteiger partial charge >= 0.3 is 0 Å². The van der Waals surface area contributed by atoms with Crippen LogP contribution >= 0.6 is 0 Å². The van der Waals surface area contributed by atoms with Crippen LogP contribution in [0.2, 0.25) is 0 Å². The summed E-state index contributed by atoms with van der Waals surface area (Å²) in [6.45, 7) is 4.02. The van der Waals surface area contributed by atoms with E-state index < -0.39 is 6.17 Å². The Hall–Kier alpha value is -0.920. The van der Waals surface area contributed by atoms with E-state index in [4.69, 9.17) is 0 Å². The zero-order chi connectivity index (χ0) is 8.27. The maximum Gasteiger partial charge on any atom is 0.179 e. The molecule has 11 heavy (non-hydrogen) atoms. The largest absolute Gasteiger partial charge is 0.241 e. The molecule has 1 heterocycles. The Morgan fingerprint density at radius 3 is 2.45 bits per heavy atom. The van der Waals surface area contributed by atoms with E-state index in [0.29, 0.717) is 6.54 Å². The average molecular weight is 154 g/mol. The van der Waals surface area contributed by atoms with Gasteiger partial charge in [-0.3, -0.25) is 0 Å². The summed E-state index contributed by atoms with van der Waals surface area (Å²) in [5.41, 5.74) is 1.20. The van der Waals surface area contributed by atoms with E-state index in [0.717, 1.165) is 0 Å². The summed E-state index contributed by atoms with van der Waals surface area (Å²) in [5, 5.41) is 0. The third-order valence-electron chi connectivity index (χ3n) is 1.52. The van der Waals surface area contributed by atoms with E-state index in [1.807, 2.05) is 36.0 Å². The molecule has 0 bridgehead atoms. The molecule has 1 aromatic rings. The Kier molecular flexibility index (Phi) is 2.58. The number of hydrogen-bond acceptors (Lipinski definition) is 0. The number of alkyl halides is 1. The molecule has 0 aliphatic carbocycles. The first-order chi connectivity index (χ1) is 5.18. The van der Waals surface area contributed by atoms with Crippen LogP contribution in [0.1, 0.15) is 12.5 Å². The van der Waals surface area contributed by atoms with Crippen molar-refractivity contribution in [3.8, 4) is 0 Å². The van der Waals surface area contributed by atoms with Crippen molar-refractivity contribution >= 4 is 0 Å². The van der Waals surface area contributed by atoms with Crippen LogP contribution in [0.15, 0.2) is 24.5 Å². The van der Waals surface area contributed by atoms with Gasteiger partial charge in [0.25, 0.3) is 0 Å². The predicted octanol–water partition coefficient (Wildman–Crippen LogP) is 1.64. The van der Waals surface area contributed by atoms with Crippen LogP contribution in [0.25, 0.3) is 0 Å². The Morgan fingerprint density at radius 2 is 2.00 bits per heavy atom. The van der Waals surface area contributed by atoms with Crippen molar-refractivity contribution in [2.75, 3.05) is 0 Å². The molecule has 0 fully saturated rings. The van der Waals surface area contributed by atoms with Crippen molar-refractivity contribution in [1.29, 1.82) is 0 Å². The molecule has 2 heteroatoms. The molecule has 0 N–H and O–H groups in total. The number of nitrogens with zero attached hydrogens (tertiary/aromatic N) is 1. The van der Waals surface area contributed by atoms with Gasteiger partial charge < -0.3 is 0 Å². The molecule has 0 aromatic carbocycles. The quantitative estimate of drug-likeness (QED) is 0.570. The lowest BCUT2D eigenvalue weighted by molar-refractivity contribution is -0.701. The van der Waals surface area contributed by atoms with Gasteiger partial charge in [0.1, 0.15) is 0 Å². The standard InChI is InChI=1S/C9H13FN/c1-8-3-5-11(6-4-8)7-9(2)10/h3-6,9H,7H2,1-2H3/q+1. The Morgan fingerprint density at radius 1 is 1.45 bits per heavy atom. The third kappa shape index (κ3) is 2.66. The summed E-state index contributed by atoms with van der Waals surface area (Å²) >= 11 is 0. The second kappa shape index (κ2) is 3.46. The fourth-order valence-corrected chi connectivity index (χ4v) is 0.944. The summed E-state index contributed by atoms with van der Waals surface area (Å²) in [6, 6.07) is 3.95. The number of pyridine rings is 1. The maximum atomic E-state index is 12.5. The lowest BCUT2D eigenvalue weighted by Gasteiger charge is -1.96. The molecule has 1 atom stereocenters. The highest BCUT2D eigenvalue weighted by atomic mass is 19.1. The Balaban J connectivity index is 2.66. The number of hydrogen-bond donors (Lipinski definition) is 0. The zero-order valence-corrected chi connectivity index (χ0v) is 6.92. The zero-order valence-electron chi connectivity index (χ0n) is 6.92. The molecule has 1 rings (SSSR count). The van der Waals surface area contributed by atoms with Crippen LogP contribution in [-0.4, -0.2) is 6.17 Å². The van der Waals surface area contributed by atoms with Crippen LogP contribution in [0.4, 0.5) is 4.39 Å². The summed E-state index contributed by atoms with van der Waals surface area (Å²) in [4.78, 5) is 0. The normalized spacial score (nSPS) is 13.0. The van der Waals surface area contributed by atoms with E-state index in [1.54, 1.807) is 6.92 Å². The molecular formula is C9H13FN+. The molecule has 0 saturated carbocycles. The van der Waals surface area contributed by atoms with Gasteiger partial charge in [-0.2, -0.15) is 0 Å². The van der Waals surface area contributed by atoms with Crippen LogP contribution < -0.4 is 4.57 Å². The van der Waals surface area contributed by atoms with Crippen LogP contribution in [0, 0.1) is 6.92 Å². The highest BCUT2D eigenvalue weighted by molar-refractivity contribution is 5.03. The van der Waals surface area contributed by atoms with Crippen molar-refractivity contribution in [3.05, 3.63) is 30.1 Å². The van der Waals surface area contributed by atoms with Gasteiger partial charge in [0.05, 0.1) is 0 Å². The van der Waals surface area contributed by atoms with E-state index >= 15 is 0 Å². The first-order valence-electron chi connectivity index (χ1n) is 3.78. The first-order valence-corrected chi connectivity index (χ1v) is 3.78. The van der Waals surface area contributed by atoms with Crippen molar-refractivity contribution in [3.63, 3.8) is 0 Å². The monoisotopic (exact) mass is 154 g/mol. The predicted molar refractivity (Wildman–Crippen MR) is 41.9 cm³/mol. The van der Waals surface area contributed by atoms with E-state index in [2.05, 4.69) is 0 Å². The van der Waals surface area contributed by atoms with Crippen molar-refractivity contribution in [2.45, 2.75) is 26.6 Å². The topological polar surface area (TPSA) is 3.88 Å². The highest BCUT2D eigenvalue weighted by Gasteiger charge is 2.04. The van der Waals surface area contributed by atoms with Crippen molar-refractivity contribution in [2.24, 2.45) is 0 Å². The summed E-state index contributed by atoms with van der Waals surface area (Å²) in [6.07, 6.45) is 3.01. The van der Waals surface area contributed by atoms with E-state index in [-0.39, 0.29) is 0 Å².